The molecule has 1 aromatic heterocycles. The standard InChI is InChI=1S/C11H16N2O2S/c1-15-10(14)8-9(16-11(12)13-8)7-5-3-2-4-6-7/h7H,2-6H2,1H3,(H2,12,13). The van der Waals surface area contributed by atoms with E-state index in [0.29, 0.717) is 16.7 Å². The molecule has 0 bridgehead atoms. The number of thiazole rings is 1. The van der Waals surface area contributed by atoms with Crippen molar-refractivity contribution in [1.82, 2.24) is 4.98 Å². The Labute approximate surface area is 98.8 Å². The first-order valence-corrected chi connectivity index (χ1v) is 6.38. The van der Waals surface area contributed by atoms with E-state index in [0.717, 1.165) is 17.7 Å². The lowest BCUT2D eigenvalue weighted by Gasteiger charge is -2.20. The van der Waals surface area contributed by atoms with Crippen molar-refractivity contribution in [2.75, 3.05) is 12.8 Å². The maximum Gasteiger partial charge on any atom is 0.357 e. The van der Waals surface area contributed by atoms with Gasteiger partial charge in [0.05, 0.1) is 7.11 Å². The third kappa shape index (κ3) is 2.19. The van der Waals surface area contributed by atoms with Gasteiger partial charge in [-0.1, -0.05) is 19.3 Å². The molecule has 0 atom stereocenters. The molecule has 1 saturated carbocycles. The number of nitrogen functional groups attached to an aromatic ring is 1. The highest BCUT2D eigenvalue weighted by atomic mass is 32.1. The van der Waals surface area contributed by atoms with Crippen molar-refractivity contribution in [2.45, 2.75) is 38.0 Å². The first-order valence-electron chi connectivity index (χ1n) is 5.57. The fourth-order valence-corrected chi connectivity index (χ4v) is 3.22. The Hall–Kier alpha value is -1.10. The van der Waals surface area contributed by atoms with E-state index in [1.807, 2.05) is 0 Å². The number of hydrogen-bond acceptors (Lipinski definition) is 5. The van der Waals surface area contributed by atoms with Crippen molar-refractivity contribution in [3.63, 3.8) is 0 Å². The molecule has 1 aliphatic carbocycles. The molecule has 0 spiro atoms. The molecular formula is C11H16N2O2S. The molecule has 1 aromatic rings. The summed E-state index contributed by atoms with van der Waals surface area (Å²) in [5, 5.41) is 0.459. The normalized spacial score (nSPS) is 17.3. The van der Waals surface area contributed by atoms with Gasteiger partial charge in [0.25, 0.3) is 0 Å². The molecule has 4 nitrogen and oxygen atoms in total. The van der Waals surface area contributed by atoms with E-state index in [-0.39, 0.29) is 5.97 Å². The molecule has 0 radical (unpaired) electrons. The lowest BCUT2D eigenvalue weighted by molar-refractivity contribution is 0.0593. The van der Waals surface area contributed by atoms with Crippen LogP contribution in [0.3, 0.4) is 0 Å². The second kappa shape index (κ2) is 4.82. The monoisotopic (exact) mass is 240 g/mol. The maximum atomic E-state index is 11.6. The molecule has 0 aliphatic heterocycles. The molecule has 16 heavy (non-hydrogen) atoms. The van der Waals surface area contributed by atoms with Crippen LogP contribution in [0.4, 0.5) is 5.13 Å². The second-order valence-electron chi connectivity index (χ2n) is 4.09. The summed E-state index contributed by atoms with van der Waals surface area (Å²) in [5.41, 5.74) is 6.11. The summed E-state index contributed by atoms with van der Waals surface area (Å²) in [4.78, 5) is 16.7. The summed E-state index contributed by atoms with van der Waals surface area (Å²) in [7, 11) is 1.38. The molecule has 0 unspecified atom stereocenters. The quantitative estimate of drug-likeness (QED) is 0.807. The van der Waals surface area contributed by atoms with Gasteiger partial charge >= 0.3 is 5.97 Å². The summed E-state index contributed by atoms with van der Waals surface area (Å²) in [6.45, 7) is 0. The fraction of sp³-hybridized carbons (Fsp3) is 0.636. The van der Waals surface area contributed by atoms with Crippen molar-refractivity contribution in [3.05, 3.63) is 10.6 Å². The molecule has 0 aromatic carbocycles. The average molecular weight is 240 g/mol. The molecule has 1 fully saturated rings. The van der Waals surface area contributed by atoms with Gasteiger partial charge in [0.2, 0.25) is 0 Å². The van der Waals surface area contributed by atoms with Crippen LogP contribution in [-0.4, -0.2) is 18.1 Å². The van der Waals surface area contributed by atoms with Crippen LogP contribution in [0.15, 0.2) is 0 Å². The van der Waals surface area contributed by atoms with Gasteiger partial charge in [0.1, 0.15) is 0 Å². The number of ether oxygens (including phenoxy) is 1. The number of rotatable bonds is 2. The number of carbonyl (C=O) groups excluding carboxylic acids is 1. The van der Waals surface area contributed by atoms with Gasteiger partial charge in [-0.2, -0.15) is 0 Å². The predicted octanol–water partition coefficient (Wildman–Crippen LogP) is 2.56. The van der Waals surface area contributed by atoms with Crippen LogP contribution in [0.5, 0.6) is 0 Å². The van der Waals surface area contributed by atoms with Crippen LogP contribution < -0.4 is 5.73 Å². The maximum absolute atomic E-state index is 11.6. The Bertz CT molecular complexity index is 383. The van der Waals surface area contributed by atoms with Crippen LogP contribution in [0.2, 0.25) is 0 Å². The van der Waals surface area contributed by atoms with Gasteiger partial charge in [-0.15, -0.1) is 11.3 Å². The largest absolute Gasteiger partial charge is 0.464 e. The van der Waals surface area contributed by atoms with E-state index >= 15 is 0 Å². The first-order chi connectivity index (χ1) is 7.72. The molecule has 1 aliphatic rings. The number of carbonyl (C=O) groups is 1. The molecule has 2 N–H and O–H groups in total. The predicted molar refractivity (Wildman–Crippen MR) is 63.7 cm³/mol. The lowest BCUT2D eigenvalue weighted by atomic mass is 9.87. The van der Waals surface area contributed by atoms with Crippen molar-refractivity contribution in [2.24, 2.45) is 0 Å². The lowest BCUT2D eigenvalue weighted by Crippen LogP contribution is -2.10. The van der Waals surface area contributed by atoms with Gasteiger partial charge in [-0.25, -0.2) is 9.78 Å². The molecule has 0 saturated heterocycles. The Morgan fingerprint density at radius 3 is 2.75 bits per heavy atom. The minimum Gasteiger partial charge on any atom is -0.464 e. The second-order valence-corrected chi connectivity index (χ2v) is 5.15. The minimum atomic E-state index is -0.367. The fourth-order valence-electron chi connectivity index (χ4n) is 2.23. The van der Waals surface area contributed by atoms with Gasteiger partial charge in [0, 0.05) is 4.88 Å². The molecule has 2 rings (SSSR count). The van der Waals surface area contributed by atoms with Crippen molar-refractivity contribution in [3.8, 4) is 0 Å². The average Bonchev–Trinajstić information content (AvgIpc) is 2.71. The number of aromatic nitrogens is 1. The Morgan fingerprint density at radius 2 is 2.12 bits per heavy atom. The zero-order valence-corrected chi connectivity index (χ0v) is 10.2. The van der Waals surface area contributed by atoms with E-state index in [4.69, 9.17) is 10.5 Å². The number of methoxy groups -OCH3 is 1. The molecule has 5 heteroatoms. The van der Waals surface area contributed by atoms with E-state index in [2.05, 4.69) is 4.98 Å². The zero-order valence-electron chi connectivity index (χ0n) is 9.36. The third-order valence-electron chi connectivity index (χ3n) is 3.02. The molecular weight excluding hydrogens is 224 g/mol. The smallest absolute Gasteiger partial charge is 0.357 e. The van der Waals surface area contributed by atoms with Gasteiger partial charge in [-0.3, -0.25) is 0 Å². The topological polar surface area (TPSA) is 65.2 Å². The van der Waals surface area contributed by atoms with Crippen LogP contribution in [0.1, 0.15) is 53.4 Å². The number of nitrogens with two attached hydrogens (primary N) is 1. The third-order valence-corrected chi connectivity index (χ3v) is 4.07. The Balaban J connectivity index is 2.27. The summed E-state index contributed by atoms with van der Waals surface area (Å²) >= 11 is 1.43. The van der Waals surface area contributed by atoms with E-state index in [1.165, 1.54) is 37.7 Å². The highest BCUT2D eigenvalue weighted by molar-refractivity contribution is 7.15. The first kappa shape index (κ1) is 11.4. The number of nitrogens with zero attached hydrogens (tertiary/aromatic N) is 1. The van der Waals surface area contributed by atoms with E-state index < -0.39 is 0 Å². The Morgan fingerprint density at radius 1 is 1.44 bits per heavy atom. The number of anilines is 1. The highest BCUT2D eigenvalue weighted by Gasteiger charge is 2.25. The summed E-state index contributed by atoms with van der Waals surface area (Å²) in [5.74, 6) is 0.0752. The van der Waals surface area contributed by atoms with E-state index in [1.54, 1.807) is 0 Å². The molecule has 0 amide bonds. The SMILES string of the molecule is COC(=O)c1nc(N)sc1C1CCCCC1. The van der Waals surface area contributed by atoms with Gasteiger partial charge in [-0.05, 0) is 18.8 Å². The Kier molecular flexibility index (Phi) is 3.43. The van der Waals surface area contributed by atoms with Crippen molar-refractivity contribution >= 4 is 22.4 Å². The van der Waals surface area contributed by atoms with Crippen LogP contribution in [0.25, 0.3) is 0 Å². The zero-order chi connectivity index (χ0) is 11.5. The summed E-state index contributed by atoms with van der Waals surface area (Å²) in [6.07, 6.45) is 6.00. The van der Waals surface area contributed by atoms with E-state index in [9.17, 15) is 4.79 Å². The van der Waals surface area contributed by atoms with Gasteiger partial charge in [0.15, 0.2) is 10.8 Å². The van der Waals surface area contributed by atoms with Crippen molar-refractivity contribution in [1.29, 1.82) is 0 Å². The van der Waals surface area contributed by atoms with Crippen LogP contribution in [-0.2, 0) is 4.74 Å². The van der Waals surface area contributed by atoms with Crippen LogP contribution >= 0.6 is 11.3 Å². The molecule has 88 valence electrons. The van der Waals surface area contributed by atoms with Crippen molar-refractivity contribution < 1.29 is 9.53 Å². The number of hydrogen-bond donors (Lipinski definition) is 1. The molecule has 1 heterocycles. The van der Waals surface area contributed by atoms with Crippen LogP contribution in [0, 0.1) is 0 Å². The number of esters is 1. The summed E-state index contributed by atoms with van der Waals surface area (Å²) in [6, 6.07) is 0. The van der Waals surface area contributed by atoms with Gasteiger partial charge < -0.3 is 10.5 Å². The highest BCUT2D eigenvalue weighted by Crippen LogP contribution is 2.38. The summed E-state index contributed by atoms with van der Waals surface area (Å²) < 4.78 is 4.73. The minimum absolute atomic E-state index is 0.367.